The minimum Gasteiger partial charge on any atom is -0.354 e. The molecule has 1 saturated heterocycles. The maximum atomic E-state index is 5.25. The first kappa shape index (κ1) is 12.1. The monoisotopic (exact) mass is 265 g/mol. The van der Waals surface area contributed by atoms with Crippen molar-refractivity contribution in [1.29, 1.82) is 0 Å². The lowest BCUT2D eigenvalue weighted by Gasteiger charge is -2.35. The van der Waals surface area contributed by atoms with Gasteiger partial charge in [0.1, 0.15) is 5.82 Å². The highest BCUT2D eigenvalue weighted by atomic mass is 32.1. The Morgan fingerprint density at radius 3 is 2.78 bits per heavy atom. The van der Waals surface area contributed by atoms with Crippen molar-refractivity contribution in [3.05, 3.63) is 16.0 Å². The van der Waals surface area contributed by atoms with Crippen molar-refractivity contribution in [3.8, 4) is 0 Å². The largest absolute Gasteiger partial charge is 0.354 e. The molecule has 98 valence electrons. The van der Waals surface area contributed by atoms with Gasteiger partial charge in [0, 0.05) is 56.9 Å². The molecule has 0 radical (unpaired) electrons. The third-order valence-corrected chi connectivity index (χ3v) is 3.95. The number of anilines is 1. The predicted octanol–water partition coefficient (Wildman–Crippen LogP) is 0.537. The van der Waals surface area contributed by atoms with Crippen LogP contribution < -0.4 is 10.2 Å². The number of rotatable bonds is 1. The Labute approximate surface area is 112 Å². The molecule has 0 aromatic carbocycles. The summed E-state index contributed by atoms with van der Waals surface area (Å²) < 4.78 is 0.615. The minimum absolute atomic E-state index is 0.615. The van der Waals surface area contributed by atoms with Crippen molar-refractivity contribution in [2.45, 2.75) is 13.0 Å². The fourth-order valence-electron chi connectivity index (χ4n) is 2.64. The average molecular weight is 265 g/mol. The molecule has 6 heteroatoms. The third kappa shape index (κ3) is 2.28. The molecule has 2 N–H and O–H groups in total. The Balaban J connectivity index is 1.95. The van der Waals surface area contributed by atoms with Crippen LogP contribution in [0.15, 0.2) is 0 Å². The SMILES string of the molecule is CN1CCN(c2nc(=S)[nH]c3c2CNCC3)CC1. The van der Waals surface area contributed by atoms with Crippen molar-refractivity contribution in [2.75, 3.05) is 44.7 Å². The number of likely N-dealkylation sites (N-methyl/N-ethyl adjacent to an activating group) is 1. The number of piperazine rings is 1. The van der Waals surface area contributed by atoms with E-state index in [1.807, 2.05) is 0 Å². The van der Waals surface area contributed by atoms with E-state index in [1.165, 1.54) is 11.3 Å². The van der Waals surface area contributed by atoms with Crippen LogP contribution in [-0.4, -0.2) is 54.6 Å². The fourth-order valence-corrected chi connectivity index (χ4v) is 2.85. The van der Waals surface area contributed by atoms with E-state index < -0.39 is 0 Å². The quantitative estimate of drug-likeness (QED) is 0.726. The molecule has 5 nitrogen and oxygen atoms in total. The summed E-state index contributed by atoms with van der Waals surface area (Å²) in [4.78, 5) is 12.5. The molecule has 1 aromatic rings. The molecule has 1 aromatic heterocycles. The van der Waals surface area contributed by atoms with Crippen molar-refractivity contribution >= 4 is 18.0 Å². The third-order valence-electron chi connectivity index (χ3n) is 3.76. The molecule has 0 bridgehead atoms. The number of aromatic amines is 1. The lowest BCUT2D eigenvalue weighted by atomic mass is 10.1. The number of H-pyrrole nitrogens is 1. The van der Waals surface area contributed by atoms with E-state index in [-0.39, 0.29) is 0 Å². The second-order valence-corrected chi connectivity index (χ2v) is 5.43. The number of nitrogens with zero attached hydrogens (tertiary/aromatic N) is 3. The zero-order valence-electron chi connectivity index (χ0n) is 10.7. The maximum absolute atomic E-state index is 5.25. The van der Waals surface area contributed by atoms with Crippen LogP contribution in [-0.2, 0) is 13.0 Å². The number of hydrogen-bond acceptors (Lipinski definition) is 5. The summed E-state index contributed by atoms with van der Waals surface area (Å²) in [7, 11) is 2.17. The Kier molecular flexibility index (Phi) is 3.32. The number of nitrogens with one attached hydrogen (secondary N) is 2. The lowest BCUT2D eigenvalue weighted by Crippen LogP contribution is -2.45. The van der Waals surface area contributed by atoms with Gasteiger partial charge in [0.25, 0.3) is 0 Å². The molecule has 0 unspecified atom stereocenters. The van der Waals surface area contributed by atoms with E-state index in [1.54, 1.807) is 0 Å². The van der Waals surface area contributed by atoms with E-state index in [9.17, 15) is 0 Å². The maximum Gasteiger partial charge on any atom is 0.198 e. The van der Waals surface area contributed by atoms with Crippen molar-refractivity contribution in [2.24, 2.45) is 0 Å². The molecule has 0 saturated carbocycles. The van der Waals surface area contributed by atoms with Gasteiger partial charge in [-0.05, 0) is 19.3 Å². The summed E-state index contributed by atoms with van der Waals surface area (Å²) >= 11 is 5.25. The Morgan fingerprint density at radius 1 is 1.22 bits per heavy atom. The Morgan fingerprint density at radius 2 is 2.00 bits per heavy atom. The molecule has 0 spiro atoms. The van der Waals surface area contributed by atoms with E-state index >= 15 is 0 Å². The molecular formula is C12H19N5S. The molecular weight excluding hydrogens is 246 g/mol. The predicted molar refractivity (Wildman–Crippen MR) is 74.5 cm³/mol. The van der Waals surface area contributed by atoms with Crippen LogP contribution >= 0.6 is 12.2 Å². The lowest BCUT2D eigenvalue weighted by molar-refractivity contribution is 0.311. The second kappa shape index (κ2) is 4.95. The molecule has 2 aliphatic heterocycles. The van der Waals surface area contributed by atoms with Crippen LogP contribution in [0, 0.1) is 4.77 Å². The minimum atomic E-state index is 0.615. The topological polar surface area (TPSA) is 47.2 Å². The van der Waals surface area contributed by atoms with Crippen LogP contribution in [0.25, 0.3) is 0 Å². The van der Waals surface area contributed by atoms with Crippen LogP contribution in [0.3, 0.4) is 0 Å². The summed E-state index contributed by atoms with van der Waals surface area (Å²) in [6.45, 7) is 6.18. The molecule has 1 fully saturated rings. The van der Waals surface area contributed by atoms with Gasteiger partial charge in [-0.25, -0.2) is 4.98 Å². The van der Waals surface area contributed by atoms with Gasteiger partial charge in [-0.1, -0.05) is 0 Å². The summed E-state index contributed by atoms with van der Waals surface area (Å²) in [5.74, 6) is 1.09. The number of aromatic nitrogens is 2. The number of hydrogen-bond donors (Lipinski definition) is 2. The van der Waals surface area contributed by atoms with E-state index in [4.69, 9.17) is 12.2 Å². The zero-order valence-corrected chi connectivity index (χ0v) is 11.5. The van der Waals surface area contributed by atoms with Crippen molar-refractivity contribution in [1.82, 2.24) is 20.2 Å². The normalized spacial score (nSPS) is 20.8. The van der Waals surface area contributed by atoms with Crippen LogP contribution in [0.2, 0.25) is 0 Å². The van der Waals surface area contributed by atoms with Crippen molar-refractivity contribution in [3.63, 3.8) is 0 Å². The van der Waals surface area contributed by atoms with Gasteiger partial charge in [0.15, 0.2) is 4.77 Å². The first-order valence-corrected chi connectivity index (χ1v) is 6.91. The van der Waals surface area contributed by atoms with Gasteiger partial charge < -0.3 is 20.1 Å². The highest BCUT2D eigenvalue weighted by molar-refractivity contribution is 7.71. The summed E-state index contributed by atoms with van der Waals surface area (Å²) in [6.07, 6.45) is 1.02. The molecule has 0 aliphatic carbocycles. The van der Waals surface area contributed by atoms with Gasteiger partial charge in [-0.3, -0.25) is 0 Å². The second-order valence-electron chi connectivity index (χ2n) is 5.04. The molecule has 3 heterocycles. The number of fused-ring (bicyclic) bond motifs is 1. The molecule has 0 amide bonds. The van der Waals surface area contributed by atoms with E-state index in [2.05, 4.69) is 32.1 Å². The van der Waals surface area contributed by atoms with Gasteiger partial charge in [0.2, 0.25) is 0 Å². The van der Waals surface area contributed by atoms with Crippen LogP contribution in [0.1, 0.15) is 11.3 Å². The highest BCUT2D eigenvalue weighted by Gasteiger charge is 2.22. The summed E-state index contributed by atoms with van der Waals surface area (Å²) in [5, 5.41) is 3.42. The average Bonchev–Trinajstić information content (AvgIpc) is 2.38. The van der Waals surface area contributed by atoms with Gasteiger partial charge in [0.05, 0.1) is 0 Å². The van der Waals surface area contributed by atoms with Gasteiger partial charge in [-0.15, -0.1) is 0 Å². The Hall–Kier alpha value is -0.980. The summed E-state index contributed by atoms with van der Waals surface area (Å²) in [6, 6.07) is 0. The Bertz CT molecular complexity index is 490. The summed E-state index contributed by atoms with van der Waals surface area (Å²) in [5.41, 5.74) is 2.57. The molecule has 3 rings (SSSR count). The molecule has 2 aliphatic rings. The van der Waals surface area contributed by atoms with Crippen molar-refractivity contribution < 1.29 is 0 Å². The van der Waals surface area contributed by atoms with Crippen LogP contribution in [0.4, 0.5) is 5.82 Å². The first-order valence-electron chi connectivity index (χ1n) is 6.50. The smallest absolute Gasteiger partial charge is 0.198 e. The van der Waals surface area contributed by atoms with E-state index in [0.717, 1.165) is 51.5 Å². The molecule has 0 atom stereocenters. The zero-order chi connectivity index (χ0) is 12.5. The highest BCUT2D eigenvalue weighted by Crippen LogP contribution is 2.23. The van der Waals surface area contributed by atoms with Gasteiger partial charge in [-0.2, -0.15) is 0 Å². The standard InChI is InChI=1S/C12H19N5S/c1-16-4-6-17(7-5-16)11-9-8-13-3-2-10(9)14-12(18)15-11/h13H,2-8H2,1H3,(H,14,15,18). The van der Waals surface area contributed by atoms with E-state index in [0.29, 0.717) is 4.77 Å². The fraction of sp³-hybridized carbons (Fsp3) is 0.667. The molecule has 18 heavy (non-hydrogen) atoms. The van der Waals surface area contributed by atoms with Gasteiger partial charge >= 0.3 is 0 Å². The first-order chi connectivity index (χ1) is 8.74. The van der Waals surface area contributed by atoms with Crippen LogP contribution in [0.5, 0.6) is 0 Å².